The van der Waals surface area contributed by atoms with E-state index < -0.39 is 33.7 Å². The number of hydrogen-bond donors (Lipinski definition) is 3. The van der Waals surface area contributed by atoms with Gasteiger partial charge in [0.2, 0.25) is 5.91 Å². The van der Waals surface area contributed by atoms with Gasteiger partial charge >= 0.3 is 65.1 Å². The molecule has 0 saturated carbocycles. The molecule has 0 rings (SSSR count). The topological polar surface area (TPSA) is 121 Å². The maximum absolute atomic E-state index is 11.6. The van der Waals surface area contributed by atoms with Crippen molar-refractivity contribution in [2.24, 2.45) is 0 Å². The molecule has 0 aliphatic carbocycles. The van der Waals surface area contributed by atoms with E-state index in [0.717, 1.165) is 19.3 Å². The Kier molecular flexibility index (Phi) is 29.2. The standard InChI is InChI=1S/C22H43NO6S.2Na.2H/c1-2-3-4-5-6-7-8-9-10-11-12-13-14-15-16-17-18-23-21(24)19-20(22(25)26)30(27,28)29;;;;/h20H,2-19H2,1H3,(H,23,24)(H,25,26)(H,27,28,29);;;;. The fourth-order valence-corrected chi connectivity index (χ4v) is 4.08. The molecule has 0 aliphatic rings. The summed E-state index contributed by atoms with van der Waals surface area (Å²) >= 11 is 0. The molecule has 0 bridgehead atoms. The molecule has 7 nitrogen and oxygen atoms in total. The molecule has 32 heavy (non-hydrogen) atoms. The van der Waals surface area contributed by atoms with Gasteiger partial charge in [0.1, 0.15) is 0 Å². The van der Waals surface area contributed by atoms with Crippen molar-refractivity contribution in [3.05, 3.63) is 0 Å². The van der Waals surface area contributed by atoms with E-state index in [1.165, 1.54) is 83.5 Å². The molecule has 0 aromatic carbocycles. The number of carbonyl (C=O) groups is 2. The van der Waals surface area contributed by atoms with Crippen LogP contribution < -0.4 is 5.32 Å². The third-order valence-electron chi connectivity index (χ3n) is 5.36. The minimum absolute atomic E-state index is 0. The van der Waals surface area contributed by atoms with Crippen LogP contribution in [0.25, 0.3) is 0 Å². The van der Waals surface area contributed by atoms with Gasteiger partial charge in [-0.05, 0) is 6.42 Å². The van der Waals surface area contributed by atoms with E-state index in [9.17, 15) is 18.0 Å². The molecule has 182 valence electrons. The molecule has 0 aromatic rings. The molecule has 1 unspecified atom stereocenters. The second-order valence-electron chi connectivity index (χ2n) is 8.20. The van der Waals surface area contributed by atoms with Crippen molar-refractivity contribution in [3.63, 3.8) is 0 Å². The van der Waals surface area contributed by atoms with Gasteiger partial charge in [0, 0.05) is 6.54 Å². The van der Waals surface area contributed by atoms with E-state index in [2.05, 4.69) is 12.2 Å². The van der Waals surface area contributed by atoms with Crippen LogP contribution in [0.2, 0.25) is 0 Å². The minimum atomic E-state index is -4.78. The van der Waals surface area contributed by atoms with Crippen LogP contribution in [-0.4, -0.2) is 101 Å². The summed E-state index contributed by atoms with van der Waals surface area (Å²) in [6.45, 7) is 2.63. The predicted octanol–water partition coefficient (Wildman–Crippen LogP) is 3.80. The van der Waals surface area contributed by atoms with E-state index in [-0.39, 0.29) is 59.1 Å². The zero-order valence-corrected chi connectivity index (χ0v) is 19.6. The molecule has 0 radical (unpaired) electrons. The number of amides is 1. The first-order valence-electron chi connectivity index (χ1n) is 11.7. The third kappa shape index (κ3) is 24.0. The van der Waals surface area contributed by atoms with Gasteiger partial charge in [0.25, 0.3) is 10.1 Å². The second kappa shape index (κ2) is 25.0. The molecule has 1 amide bonds. The van der Waals surface area contributed by atoms with Crippen LogP contribution >= 0.6 is 0 Å². The molecule has 3 N–H and O–H groups in total. The third-order valence-corrected chi connectivity index (χ3v) is 6.45. The maximum atomic E-state index is 11.6. The van der Waals surface area contributed by atoms with Crippen LogP contribution in [0.4, 0.5) is 0 Å². The van der Waals surface area contributed by atoms with Crippen molar-refractivity contribution >= 4 is 81.1 Å². The molecule has 0 spiro atoms. The van der Waals surface area contributed by atoms with Gasteiger partial charge in [0.05, 0.1) is 6.42 Å². The molecular formula is C22H45NNa2O6S. The molecule has 1 atom stereocenters. The number of unbranched alkanes of at least 4 members (excludes halogenated alkanes) is 15. The first-order chi connectivity index (χ1) is 14.3. The second-order valence-corrected chi connectivity index (χ2v) is 9.80. The van der Waals surface area contributed by atoms with Crippen LogP contribution in [-0.2, 0) is 19.7 Å². The Morgan fingerprint density at radius 1 is 0.719 bits per heavy atom. The number of carboxylic acids is 1. The zero-order valence-electron chi connectivity index (χ0n) is 18.7. The normalized spacial score (nSPS) is 11.8. The summed E-state index contributed by atoms with van der Waals surface area (Å²) in [6.07, 6.45) is 19.4. The van der Waals surface area contributed by atoms with E-state index in [4.69, 9.17) is 9.66 Å². The summed E-state index contributed by atoms with van der Waals surface area (Å²) in [6, 6.07) is 0. The van der Waals surface area contributed by atoms with Crippen molar-refractivity contribution < 1.29 is 27.7 Å². The fraction of sp³-hybridized carbons (Fsp3) is 0.909. The Morgan fingerprint density at radius 3 is 1.38 bits per heavy atom. The van der Waals surface area contributed by atoms with Crippen molar-refractivity contribution in [2.75, 3.05) is 6.54 Å². The quantitative estimate of drug-likeness (QED) is 0.126. The molecule has 0 heterocycles. The molecule has 0 fully saturated rings. The van der Waals surface area contributed by atoms with E-state index >= 15 is 0 Å². The Hall–Kier alpha value is 0.850. The van der Waals surface area contributed by atoms with Gasteiger partial charge in [-0.3, -0.25) is 14.1 Å². The Balaban J connectivity index is -0.00000420. The summed E-state index contributed by atoms with van der Waals surface area (Å²) < 4.78 is 30.7. The molecular weight excluding hydrogens is 452 g/mol. The van der Waals surface area contributed by atoms with Gasteiger partial charge in [-0.15, -0.1) is 0 Å². The first kappa shape index (κ1) is 37.4. The molecule has 0 saturated heterocycles. The molecule has 10 heteroatoms. The van der Waals surface area contributed by atoms with Crippen LogP contribution in [0.3, 0.4) is 0 Å². The average molecular weight is 498 g/mol. The van der Waals surface area contributed by atoms with Crippen molar-refractivity contribution in [3.8, 4) is 0 Å². The van der Waals surface area contributed by atoms with Crippen molar-refractivity contribution in [1.29, 1.82) is 0 Å². The monoisotopic (exact) mass is 497 g/mol. The predicted molar refractivity (Wildman–Crippen MR) is 134 cm³/mol. The number of carboxylic acid groups (broad SMARTS) is 1. The SMILES string of the molecule is CCCCCCCCCCCCCCCCCCNC(=O)CC(C(=O)O)S(=O)(=O)O.[NaH].[NaH]. The number of rotatable bonds is 21. The summed E-state index contributed by atoms with van der Waals surface area (Å²) in [5.41, 5.74) is 0. The first-order valence-corrected chi connectivity index (χ1v) is 13.2. The van der Waals surface area contributed by atoms with E-state index in [1.54, 1.807) is 0 Å². The Bertz CT molecular complexity index is 561. The summed E-state index contributed by atoms with van der Waals surface area (Å²) in [5.74, 6) is -2.41. The van der Waals surface area contributed by atoms with Crippen LogP contribution in [0, 0.1) is 0 Å². The average Bonchev–Trinajstić information content (AvgIpc) is 2.67. The number of carbonyl (C=O) groups excluding carboxylic acids is 1. The van der Waals surface area contributed by atoms with Gasteiger partial charge in [-0.1, -0.05) is 103 Å². The van der Waals surface area contributed by atoms with Crippen LogP contribution in [0.1, 0.15) is 116 Å². The summed E-state index contributed by atoms with van der Waals surface area (Å²) in [4.78, 5) is 22.4. The van der Waals surface area contributed by atoms with Crippen molar-refractivity contribution in [2.45, 2.75) is 121 Å². The van der Waals surface area contributed by atoms with Gasteiger partial charge in [0.15, 0.2) is 5.25 Å². The van der Waals surface area contributed by atoms with Crippen LogP contribution in [0.5, 0.6) is 0 Å². The Morgan fingerprint density at radius 2 is 1.06 bits per heavy atom. The number of nitrogens with one attached hydrogen (secondary N) is 1. The summed E-state index contributed by atoms with van der Waals surface area (Å²) in [7, 11) is -4.78. The van der Waals surface area contributed by atoms with Crippen LogP contribution in [0.15, 0.2) is 0 Å². The number of aliphatic carboxylic acids is 1. The fourth-order valence-electron chi connectivity index (χ4n) is 3.46. The Labute approximate surface area is 240 Å². The summed E-state index contributed by atoms with van der Waals surface area (Å²) in [5, 5.41) is 9.16. The van der Waals surface area contributed by atoms with E-state index in [0.29, 0.717) is 6.54 Å². The van der Waals surface area contributed by atoms with Gasteiger partial charge in [-0.25, -0.2) is 0 Å². The number of hydrogen-bond acceptors (Lipinski definition) is 4. The molecule has 0 aromatic heterocycles. The van der Waals surface area contributed by atoms with Gasteiger partial charge in [-0.2, -0.15) is 8.42 Å². The molecule has 0 aliphatic heterocycles. The van der Waals surface area contributed by atoms with Gasteiger partial charge < -0.3 is 10.4 Å². The van der Waals surface area contributed by atoms with E-state index in [1.807, 2.05) is 0 Å². The van der Waals surface area contributed by atoms with Crippen molar-refractivity contribution in [1.82, 2.24) is 5.32 Å². The zero-order chi connectivity index (χ0) is 22.7.